The average molecular weight is 481 g/mol. The molecule has 2 fully saturated rings. The first-order valence-electron chi connectivity index (χ1n) is 11.4. The predicted octanol–water partition coefficient (Wildman–Crippen LogP) is 5.64. The maximum atomic E-state index is 13.9. The first-order chi connectivity index (χ1) is 16.4. The largest absolute Gasteiger partial charge is 0.365 e. The molecule has 4 aromatic rings. The zero-order valence-corrected chi connectivity index (χ0v) is 19.3. The number of anilines is 2. The molecular weight excluding hydrogens is 458 g/mol. The summed E-state index contributed by atoms with van der Waals surface area (Å²) < 4.78 is 29.1. The number of rotatable bonds is 4. The second kappa shape index (κ2) is 8.20. The van der Waals surface area contributed by atoms with Crippen LogP contribution in [0.1, 0.15) is 31.2 Å². The van der Waals surface area contributed by atoms with Crippen LogP contribution in [0.4, 0.5) is 20.4 Å². The molecule has 0 radical (unpaired) electrons. The number of pyridine rings is 2. The number of hydrogen-bond donors (Lipinski definition) is 1. The van der Waals surface area contributed by atoms with E-state index in [-0.39, 0.29) is 6.04 Å². The van der Waals surface area contributed by atoms with Gasteiger partial charge in [0.15, 0.2) is 17.3 Å². The van der Waals surface area contributed by atoms with Gasteiger partial charge in [0.1, 0.15) is 5.15 Å². The van der Waals surface area contributed by atoms with Crippen molar-refractivity contribution in [3.8, 4) is 11.1 Å². The van der Waals surface area contributed by atoms with E-state index in [4.69, 9.17) is 16.6 Å². The number of hydrogen-bond acceptors (Lipinski definition) is 5. The number of benzene rings is 1. The Labute approximate surface area is 200 Å². The molecule has 2 unspecified atom stereocenters. The summed E-state index contributed by atoms with van der Waals surface area (Å²) in [6.07, 6.45) is 7.87. The summed E-state index contributed by atoms with van der Waals surface area (Å²) in [5, 5.41) is 8.68. The van der Waals surface area contributed by atoms with Crippen molar-refractivity contribution in [3.05, 3.63) is 71.1 Å². The van der Waals surface area contributed by atoms with Crippen LogP contribution in [0.3, 0.4) is 0 Å². The lowest BCUT2D eigenvalue weighted by atomic mass is 9.97. The van der Waals surface area contributed by atoms with Gasteiger partial charge < -0.3 is 10.2 Å². The Kier molecular flexibility index (Phi) is 5.13. The molecule has 6 nitrogen and oxygen atoms in total. The maximum Gasteiger partial charge on any atom is 0.243 e. The van der Waals surface area contributed by atoms with Crippen molar-refractivity contribution in [2.75, 3.05) is 10.2 Å². The average Bonchev–Trinajstić information content (AvgIpc) is 3.32. The van der Waals surface area contributed by atoms with Gasteiger partial charge in [0.05, 0.1) is 0 Å². The van der Waals surface area contributed by atoms with Crippen molar-refractivity contribution in [1.29, 1.82) is 0 Å². The van der Waals surface area contributed by atoms with E-state index in [9.17, 15) is 8.78 Å². The minimum atomic E-state index is -0.882. The highest BCUT2D eigenvalue weighted by Crippen LogP contribution is 2.40. The van der Waals surface area contributed by atoms with Gasteiger partial charge in [-0.05, 0) is 74.1 Å². The maximum absolute atomic E-state index is 13.9. The van der Waals surface area contributed by atoms with Crippen LogP contribution in [0.5, 0.6) is 0 Å². The van der Waals surface area contributed by atoms with Crippen LogP contribution >= 0.6 is 11.6 Å². The number of nitrogens with zero attached hydrogens (tertiary/aromatic N) is 5. The molecule has 3 aromatic heterocycles. The van der Waals surface area contributed by atoms with Gasteiger partial charge in [0, 0.05) is 41.8 Å². The van der Waals surface area contributed by atoms with Crippen LogP contribution in [-0.2, 0) is 0 Å². The number of fused-ring (bicyclic) bond motifs is 3. The fraction of sp³-hybridized carbons (Fsp3) is 0.320. The van der Waals surface area contributed by atoms with Crippen LogP contribution in [0.15, 0.2) is 48.8 Å². The number of piperidine rings is 1. The molecule has 0 amide bonds. The van der Waals surface area contributed by atoms with Gasteiger partial charge in [0.2, 0.25) is 5.95 Å². The van der Waals surface area contributed by atoms with Crippen molar-refractivity contribution in [3.63, 3.8) is 0 Å². The highest BCUT2D eigenvalue weighted by atomic mass is 35.5. The van der Waals surface area contributed by atoms with E-state index in [1.807, 2.05) is 31.3 Å². The van der Waals surface area contributed by atoms with E-state index in [0.717, 1.165) is 43.0 Å². The highest BCUT2D eigenvalue weighted by molar-refractivity contribution is 6.29. The van der Waals surface area contributed by atoms with Gasteiger partial charge in [-0.3, -0.25) is 0 Å². The van der Waals surface area contributed by atoms with Gasteiger partial charge in [-0.15, -0.1) is 5.10 Å². The Hall–Kier alpha value is -3.26. The smallest absolute Gasteiger partial charge is 0.243 e. The molecule has 2 aliphatic rings. The molecule has 2 bridgehead atoms. The zero-order chi connectivity index (χ0) is 23.4. The Bertz CT molecular complexity index is 1380. The van der Waals surface area contributed by atoms with Crippen molar-refractivity contribution in [2.24, 2.45) is 0 Å². The molecule has 2 atom stereocenters. The number of nitrogens with one attached hydrogen (secondary N) is 1. The normalized spacial score (nSPS) is 21.9. The van der Waals surface area contributed by atoms with Gasteiger partial charge in [-0.25, -0.2) is 18.3 Å². The van der Waals surface area contributed by atoms with E-state index in [0.29, 0.717) is 40.0 Å². The molecule has 1 N–H and O–H groups in total. The second-order valence-corrected chi connectivity index (χ2v) is 9.59. The minimum Gasteiger partial charge on any atom is -0.365 e. The molecule has 174 valence electrons. The van der Waals surface area contributed by atoms with E-state index < -0.39 is 11.6 Å². The van der Waals surface area contributed by atoms with Crippen LogP contribution in [-0.4, -0.2) is 37.7 Å². The van der Waals surface area contributed by atoms with Crippen molar-refractivity contribution < 1.29 is 8.78 Å². The van der Waals surface area contributed by atoms with Crippen molar-refractivity contribution in [1.82, 2.24) is 19.6 Å². The molecule has 0 aliphatic carbocycles. The van der Waals surface area contributed by atoms with E-state index >= 15 is 0 Å². The monoisotopic (exact) mass is 480 g/mol. The Balaban J connectivity index is 1.26. The first kappa shape index (κ1) is 21.3. The molecular formula is C25H23ClF2N6. The van der Waals surface area contributed by atoms with Crippen LogP contribution < -0.4 is 10.2 Å². The van der Waals surface area contributed by atoms with Crippen LogP contribution in [0.25, 0.3) is 16.8 Å². The van der Waals surface area contributed by atoms with Gasteiger partial charge >= 0.3 is 0 Å². The fourth-order valence-corrected chi connectivity index (χ4v) is 5.68. The minimum absolute atomic E-state index is 0.247. The van der Waals surface area contributed by atoms with Gasteiger partial charge in [0.25, 0.3) is 0 Å². The highest BCUT2D eigenvalue weighted by Gasteiger charge is 2.41. The van der Waals surface area contributed by atoms with E-state index in [2.05, 4.69) is 20.3 Å². The molecule has 34 heavy (non-hydrogen) atoms. The molecule has 0 spiro atoms. The van der Waals surface area contributed by atoms with E-state index in [1.54, 1.807) is 16.8 Å². The quantitative estimate of drug-likeness (QED) is 0.383. The van der Waals surface area contributed by atoms with Crippen molar-refractivity contribution in [2.45, 2.75) is 50.7 Å². The number of aromatic nitrogens is 4. The first-order valence-corrected chi connectivity index (χ1v) is 11.8. The topological polar surface area (TPSA) is 58.4 Å². The molecule has 6 rings (SSSR count). The standard InChI is InChI=1S/C25H23ClF2N6/c1-14-8-20(15-2-5-21(27)22(28)9-15)24-31-25(32-33(24)13-14)30-16-10-17-3-4-18(11-16)34(17)19-6-7-29-23(26)12-19/h2,5-9,12-13,16-18H,3-4,10-11H2,1H3,(H,30,32). The number of halogens is 3. The molecule has 9 heteroatoms. The summed E-state index contributed by atoms with van der Waals surface area (Å²) in [7, 11) is 0. The van der Waals surface area contributed by atoms with E-state index in [1.165, 1.54) is 6.07 Å². The molecule has 0 saturated carbocycles. The third kappa shape index (κ3) is 3.76. The summed E-state index contributed by atoms with van der Waals surface area (Å²) >= 11 is 6.13. The third-order valence-corrected chi connectivity index (χ3v) is 7.08. The fourth-order valence-electron chi connectivity index (χ4n) is 5.51. The lowest BCUT2D eigenvalue weighted by molar-refractivity contribution is 0.431. The number of aryl methyl sites for hydroxylation is 1. The van der Waals surface area contributed by atoms with Gasteiger partial charge in [-0.2, -0.15) is 4.98 Å². The Morgan fingerprint density at radius 3 is 2.56 bits per heavy atom. The molecule has 1 aromatic carbocycles. The zero-order valence-electron chi connectivity index (χ0n) is 18.5. The van der Waals surface area contributed by atoms with Crippen molar-refractivity contribution >= 4 is 28.9 Å². The van der Waals surface area contributed by atoms with Crippen LogP contribution in [0.2, 0.25) is 5.15 Å². The molecule has 2 aliphatic heterocycles. The SMILES string of the molecule is Cc1cc(-c2ccc(F)c(F)c2)c2nc(NC3CC4CCC(C3)N4c3ccnc(Cl)c3)nn2c1. The van der Waals surface area contributed by atoms with Gasteiger partial charge in [-0.1, -0.05) is 17.7 Å². The lowest BCUT2D eigenvalue weighted by Crippen LogP contribution is -2.47. The summed E-state index contributed by atoms with van der Waals surface area (Å²) in [5.41, 5.74) is 3.96. The lowest BCUT2D eigenvalue weighted by Gasteiger charge is -2.40. The second-order valence-electron chi connectivity index (χ2n) is 9.21. The molecule has 5 heterocycles. The predicted molar refractivity (Wildman–Crippen MR) is 128 cm³/mol. The summed E-state index contributed by atoms with van der Waals surface area (Å²) in [5.74, 6) is -1.21. The molecule has 2 saturated heterocycles. The summed E-state index contributed by atoms with van der Waals surface area (Å²) in [6.45, 7) is 1.94. The summed E-state index contributed by atoms with van der Waals surface area (Å²) in [4.78, 5) is 11.3. The Morgan fingerprint density at radius 1 is 1.03 bits per heavy atom. The van der Waals surface area contributed by atoms with Crippen LogP contribution in [0, 0.1) is 18.6 Å². The Morgan fingerprint density at radius 2 is 1.82 bits per heavy atom. The third-order valence-electron chi connectivity index (χ3n) is 6.88. The summed E-state index contributed by atoms with van der Waals surface area (Å²) in [6, 6.07) is 10.9.